The molecule has 0 bridgehead atoms. The summed E-state index contributed by atoms with van der Waals surface area (Å²) >= 11 is 0. The van der Waals surface area contributed by atoms with Gasteiger partial charge in [-0.3, -0.25) is 14.9 Å². The van der Waals surface area contributed by atoms with Crippen LogP contribution in [0, 0.1) is 24.6 Å². The summed E-state index contributed by atoms with van der Waals surface area (Å²) in [5, 5.41) is 7.79. The number of amides is 1. The topological polar surface area (TPSA) is 61.4 Å². The van der Waals surface area contributed by atoms with Gasteiger partial charge in [0.1, 0.15) is 11.5 Å². The Morgan fingerprint density at radius 1 is 1.41 bits per heavy atom. The third kappa shape index (κ3) is 3.29. The van der Waals surface area contributed by atoms with Gasteiger partial charge in [0.15, 0.2) is 0 Å². The highest BCUT2D eigenvalue weighted by atomic mass is 19.1. The summed E-state index contributed by atoms with van der Waals surface area (Å²) < 4.78 is 14.4. The first kappa shape index (κ1) is 17.9. The summed E-state index contributed by atoms with van der Waals surface area (Å²) in [6.45, 7) is 3.83. The van der Waals surface area contributed by atoms with E-state index in [-0.39, 0.29) is 5.82 Å². The lowest BCUT2D eigenvalue weighted by Crippen LogP contribution is -2.14. The molecule has 4 rings (SSSR count). The van der Waals surface area contributed by atoms with Crippen LogP contribution < -0.4 is 4.90 Å². The van der Waals surface area contributed by atoms with Crippen molar-refractivity contribution in [3.8, 4) is 0 Å². The van der Waals surface area contributed by atoms with Crippen LogP contribution in [0.1, 0.15) is 48.7 Å². The first-order chi connectivity index (χ1) is 13.0. The zero-order valence-electron chi connectivity index (χ0n) is 16.1. The lowest BCUT2D eigenvalue weighted by atomic mass is 9.93. The maximum atomic E-state index is 14.4. The van der Waals surface area contributed by atoms with Gasteiger partial charge in [-0.25, -0.2) is 4.39 Å². The van der Waals surface area contributed by atoms with Crippen molar-refractivity contribution in [1.82, 2.24) is 10.2 Å². The highest BCUT2D eigenvalue weighted by Gasteiger charge is 2.43. The van der Waals surface area contributed by atoms with Crippen LogP contribution in [0.3, 0.4) is 0 Å². The summed E-state index contributed by atoms with van der Waals surface area (Å²) in [6.07, 6.45) is 5.84. The minimum absolute atomic E-state index is 0.360. The number of carbonyl (C=O) groups is 1. The highest BCUT2D eigenvalue weighted by Crippen LogP contribution is 2.48. The Hall–Kier alpha value is -2.50. The van der Waals surface area contributed by atoms with Crippen LogP contribution in [-0.2, 0) is 17.6 Å². The standard InChI is InChI=1S/C21H25FN4O/c1-4-5-18(21-16-7-13-6-14(13)8-20(16)24-25-21)23-19-10-15(26(3)11-27)9-17(22)12(19)2/h9-11,13-14H,4-8H2,1-3H3,(H,24,25)/b23-18+/t13-,14?/m0/s1. The van der Waals surface area contributed by atoms with Crippen molar-refractivity contribution >= 4 is 23.5 Å². The summed E-state index contributed by atoms with van der Waals surface area (Å²) in [4.78, 5) is 17.3. The molecule has 2 aliphatic carbocycles. The van der Waals surface area contributed by atoms with Crippen molar-refractivity contribution in [2.75, 3.05) is 11.9 Å². The van der Waals surface area contributed by atoms with E-state index < -0.39 is 0 Å². The van der Waals surface area contributed by atoms with E-state index in [1.54, 1.807) is 20.0 Å². The highest BCUT2D eigenvalue weighted by molar-refractivity contribution is 6.02. The molecule has 2 atom stereocenters. The Morgan fingerprint density at radius 3 is 2.93 bits per heavy atom. The van der Waals surface area contributed by atoms with Crippen LogP contribution in [0.15, 0.2) is 17.1 Å². The first-order valence-corrected chi connectivity index (χ1v) is 9.64. The lowest BCUT2D eigenvalue weighted by molar-refractivity contribution is -0.107. The fraction of sp³-hybridized carbons (Fsp3) is 0.476. The molecule has 1 heterocycles. The number of halogens is 1. The largest absolute Gasteiger partial charge is 0.318 e. The van der Waals surface area contributed by atoms with Gasteiger partial charge in [-0.2, -0.15) is 5.10 Å². The van der Waals surface area contributed by atoms with Crippen molar-refractivity contribution in [3.05, 3.63) is 40.5 Å². The molecule has 142 valence electrons. The number of benzene rings is 1. The Bertz CT molecular complexity index is 917. The summed E-state index contributed by atoms with van der Waals surface area (Å²) in [7, 11) is 1.60. The molecule has 1 saturated carbocycles. The second kappa shape index (κ2) is 6.91. The molecule has 6 heteroatoms. The molecule has 0 saturated heterocycles. The number of rotatable bonds is 6. The van der Waals surface area contributed by atoms with Gasteiger partial charge in [-0.15, -0.1) is 0 Å². The maximum Gasteiger partial charge on any atom is 0.213 e. The van der Waals surface area contributed by atoms with Gasteiger partial charge in [0.25, 0.3) is 0 Å². The molecule has 2 aromatic rings. The average Bonchev–Trinajstić information content (AvgIpc) is 3.31. The Morgan fingerprint density at radius 2 is 2.19 bits per heavy atom. The Labute approximate surface area is 158 Å². The van der Waals surface area contributed by atoms with E-state index in [9.17, 15) is 9.18 Å². The fourth-order valence-electron chi connectivity index (χ4n) is 4.00. The van der Waals surface area contributed by atoms with E-state index in [1.807, 2.05) is 0 Å². The van der Waals surface area contributed by atoms with Crippen molar-refractivity contribution in [1.29, 1.82) is 0 Å². The normalized spacial score (nSPS) is 20.8. The zero-order valence-corrected chi connectivity index (χ0v) is 16.1. The third-order valence-electron chi connectivity index (χ3n) is 5.84. The Kier molecular flexibility index (Phi) is 4.58. The number of aromatic amines is 1. The molecule has 0 aliphatic heterocycles. The van der Waals surface area contributed by atoms with Gasteiger partial charge < -0.3 is 4.90 Å². The fourth-order valence-corrected chi connectivity index (χ4v) is 4.00. The molecule has 0 spiro atoms. The van der Waals surface area contributed by atoms with Gasteiger partial charge in [0.05, 0.1) is 11.4 Å². The molecule has 27 heavy (non-hydrogen) atoms. The molecule has 0 radical (unpaired) electrons. The quantitative estimate of drug-likeness (QED) is 0.616. The van der Waals surface area contributed by atoms with Crippen LogP contribution in [0.25, 0.3) is 0 Å². The van der Waals surface area contributed by atoms with Crippen LogP contribution in [-0.4, -0.2) is 29.4 Å². The monoisotopic (exact) mass is 368 g/mol. The molecule has 1 aromatic carbocycles. The molecule has 1 unspecified atom stereocenters. The number of anilines is 1. The van der Waals surface area contributed by atoms with E-state index in [4.69, 9.17) is 4.99 Å². The average molecular weight is 368 g/mol. The number of hydrogen-bond acceptors (Lipinski definition) is 3. The number of aromatic nitrogens is 2. The number of H-pyrrole nitrogens is 1. The van der Waals surface area contributed by atoms with E-state index in [1.165, 1.54) is 28.6 Å². The molecule has 5 nitrogen and oxygen atoms in total. The smallest absolute Gasteiger partial charge is 0.213 e. The minimum atomic E-state index is -0.360. The molecule has 2 aliphatic rings. The molecule has 1 amide bonds. The predicted octanol–water partition coefficient (Wildman–Crippen LogP) is 4.11. The van der Waals surface area contributed by atoms with Crippen LogP contribution in [0.4, 0.5) is 15.8 Å². The van der Waals surface area contributed by atoms with E-state index in [2.05, 4.69) is 17.1 Å². The predicted molar refractivity (Wildman–Crippen MR) is 104 cm³/mol. The Balaban J connectivity index is 1.77. The molecule has 1 fully saturated rings. The number of nitrogens with zero attached hydrogens (tertiary/aromatic N) is 3. The summed E-state index contributed by atoms with van der Waals surface area (Å²) in [6, 6.07) is 3.13. The van der Waals surface area contributed by atoms with Crippen molar-refractivity contribution in [2.45, 2.75) is 46.0 Å². The number of aliphatic imine (C=N–C) groups is 1. The van der Waals surface area contributed by atoms with Crippen molar-refractivity contribution in [3.63, 3.8) is 0 Å². The van der Waals surface area contributed by atoms with Gasteiger partial charge in [-0.1, -0.05) is 13.3 Å². The van der Waals surface area contributed by atoms with Gasteiger partial charge >= 0.3 is 0 Å². The number of carbonyl (C=O) groups excluding carboxylic acids is 1. The molecule has 1 N–H and O–H groups in total. The minimum Gasteiger partial charge on any atom is -0.318 e. The summed E-state index contributed by atoms with van der Waals surface area (Å²) in [5.74, 6) is 1.26. The van der Waals surface area contributed by atoms with Gasteiger partial charge in [0.2, 0.25) is 6.41 Å². The second-order valence-corrected chi connectivity index (χ2v) is 7.79. The van der Waals surface area contributed by atoms with E-state index >= 15 is 0 Å². The lowest BCUT2D eigenvalue weighted by Gasteiger charge is -2.15. The van der Waals surface area contributed by atoms with Gasteiger partial charge in [0, 0.05) is 29.6 Å². The van der Waals surface area contributed by atoms with Crippen LogP contribution in [0.2, 0.25) is 0 Å². The molecular weight excluding hydrogens is 343 g/mol. The first-order valence-electron chi connectivity index (χ1n) is 9.64. The number of nitrogens with one attached hydrogen (secondary N) is 1. The van der Waals surface area contributed by atoms with E-state index in [0.717, 1.165) is 48.9 Å². The number of hydrogen-bond donors (Lipinski definition) is 1. The molecule has 1 aromatic heterocycles. The zero-order chi connectivity index (χ0) is 19.1. The second-order valence-electron chi connectivity index (χ2n) is 7.79. The third-order valence-corrected chi connectivity index (χ3v) is 5.84. The summed E-state index contributed by atoms with van der Waals surface area (Å²) in [5.41, 5.74) is 5.89. The molecular formula is C21H25FN4O. The SMILES string of the molecule is CCC/C(=N\c1cc(N(C)C=O)cc(F)c1C)c1n[nH]c2c1C[C@@H]1CC1C2. The van der Waals surface area contributed by atoms with Crippen molar-refractivity contribution < 1.29 is 9.18 Å². The van der Waals surface area contributed by atoms with Crippen LogP contribution in [0.5, 0.6) is 0 Å². The number of fused-ring (bicyclic) bond motifs is 2. The van der Waals surface area contributed by atoms with E-state index in [0.29, 0.717) is 23.3 Å². The maximum absolute atomic E-state index is 14.4. The van der Waals surface area contributed by atoms with Gasteiger partial charge in [-0.05, 0) is 56.6 Å². The van der Waals surface area contributed by atoms with Crippen LogP contribution >= 0.6 is 0 Å². The van der Waals surface area contributed by atoms with Crippen molar-refractivity contribution in [2.24, 2.45) is 16.8 Å².